The molecule has 0 bridgehead atoms. The van der Waals surface area contributed by atoms with Crippen LogP contribution in [0.25, 0.3) is 0 Å². The van der Waals surface area contributed by atoms with Crippen LogP contribution < -0.4 is 0 Å². The highest BCUT2D eigenvalue weighted by molar-refractivity contribution is 7.90. The fourth-order valence-corrected chi connectivity index (χ4v) is 4.81. The minimum Gasteiger partial charge on any atom is -0.394 e. The van der Waals surface area contributed by atoms with Gasteiger partial charge in [-0.1, -0.05) is 6.92 Å². The predicted molar refractivity (Wildman–Crippen MR) is 145 cm³/mol. The molecule has 11 nitrogen and oxygen atoms in total. The van der Waals surface area contributed by atoms with E-state index in [-0.39, 0.29) is 59.5 Å². The lowest BCUT2D eigenvalue weighted by molar-refractivity contribution is -0.447. The molecule has 27 heteroatoms. The Balaban J connectivity index is 4.68. The summed E-state index contributed by atoms with van der Waals surface area (Å²) in [5.41, 5.74) is 0. The maximum atomic E-state index is 14.4. The van der Waals surface area contributed by atoms with Crippen LogP contribution in [0.15, 0.2) is 0 Å². The third-order valence-electron chi connectivity index (χ3n) is 6.27. The molecule has 0 amide bonds. The van der Waals surface area contributed by atoms with Gasteiger partial charge in [-0.2, -0.15) is 70.2 Å². The molecule has 52 heavy (non-hydrogen) atoms. The molecule has 0 saturated carbocycles. The van der Waals surface area contributed by atoms with Crippen molar-refractivity contribution in [2.75, 3.05) is 112 Å². The van der Waals surface area contributed by atoms with Crippen molar-refractivity contribution in [3.8, 4) is 0 Å². The lowest BCUT2D eigenvalue weighted by Crippen LogP contribution is -2.73. The highest BCUT2D eigenvalue weighted by Gasteiger charge is 2.94. The highest BCUT2D eigenvalue weighted by atomic mass is 32.2. The first-order valence-corrected chi connectivity index (χ1v) is 16.2. The second-order valence-corrected chi connectivity index (χ2v) is 11.9. The van der Waals surface area contributed by atoms with Gasteiger partial charge in [-0.25, -0.2) is 8.42 Å². The molecule has 0 fully saturated rings. The van der Waals surface area contributed by atoms with Crippen molar-refractivity contribution in [1.82, 2.24) is 4.31 Å². The van der Waals surface area contributed by atoms with Crippen LogP contribution in [0.1, 0.15) is 6.92 Å². The smallest absolute Gasteiger partial charge is 0.394 e. The van der Waals surface area contributed by atoms with E-state index in [0.717, 1.165) is 0 Å². The number of hydrogen-bond donors (Lipinski definition) is 1. The molecule has 0 aromatic carbocycles. The molecule has 0 atom stereocenters. The monoisotopic (exact) mass is 829 g/mol. The number of rotatable bonds is 31. The van der Waals surface area contributed by atoms with Crippen LogP contribution in [-0.2, 0) is 43.2 Å². The van der Waals surface area contributed by atoms with E-state index in [1.807, 2.05) is 0 Å². The summed E-state index contributed by atoms with van der Waals surface area (Å²) < 4.78 is 261. The van der Waals surface area contributed by atoms with E-state index in [1.54, 1.807) is 0 Å². The summed E-state index contributed by atoms with van der Waals surface area (Å²) >= 11 is 0. The summed E-state index contributed by atoms with van der Waals surface area (Å²) in [5.74, 6) is -42.0. The Kier molecular flexibility index (Phi) is 21.0. The van der Waals surface area contributed by atoms with Gasteiger partial charge in [0.1, 0.15) is 0 Å². The zero-order valence-electron chi connectivity index (χ0n) is 27.2. The lowest BCUT2D eigenvalue weighted by atomic mass is 9.94. The molecule has 1 N–H and O–H groups in total. The highest BCUT2D eigenvalue weighted by Crippen LogP contribution is 2.63. The van der Waals surface area contributed by atoms with E-state index < -0.39 is 81.7 Å². The van der Waals surface area contributed by atoms with E-state index in [1.165, 1.54) is 0 Å². The van der Waals surface area contributed by atoms with Crippen molar-refractivity contribution >= 4 is 10.0 Å². The van der Waals surface area contributed by atoms with Gasteiger partial charge >= 0.3 is 41.0 Å². The van der Waals surface area contributed by atoms with Crippen molar-refractivity contribution < 1.29 is 113 Å². The van der Waals surface area contributed by atoms with Crippen molar-refractivity contribution in [1.29, 1.82) is 0 Å². The van der Waals surface area contributed by atoms with Gasteiger partial charge < -0.3 is 38.3 Å². The van der Waals surface area contributed by atoms with Crippen LogP contribution in [0.3, 0.4) is 0 Å². The molecule has 0 spiro atoms. The summed E-state index contributed by atoms with van der Waals surface area (Å²) in [7, 11) is -7.27. The molecular weight excluding hydrogens is 791 g/mol. The fourth-order valence-electron chi connectivity index (χ4n) is 3.38. The lowest BCUT2D eigenvalue weighted by Gasteiger charge is -2.41. The number of likely N-dealkylation sites (N-methyl/N-ethyl adjacent to an activating group) is 1. The topological polar surface area (TPSA) is 122 Å². The van der Waals surface area contributed by atoms with Gasteiger partial charge in [0.25, 0.3) is 10.0 Å². The zero-order chi connectivity index (χ0) is 40.5. The first-order chi connectivity index (χ1) is 23.8. The van der Waals surface area contributed by atoms with Gasteiger partial charge in [0, 0.05) is 13.1 Å². The van der Waals surface area contributed by atoms with E-state index >= 15 is 0 Å². The van der Waals surface area contributed by atoms with Crippen LogP contribution in [0.5, 0.6) is 0 Å². The molecule has 0 aromatic rings. The maximum Gasteiger partial charge on any atom is 0.460 e. The van der Waals surface area contributed by atoms with Gasteiger partial charge in [0.2, 0.25) is 0 Å². The molecule has 0 unspecified atom stereocenters. The molecule has 0 saturated heterocycles. The number of nitrogens with zero attached hydrogens (tertiary/aromatic N) is 1. The molecule has 0 heterocycles. The maximum absolute atomic E-state index is 14.4. The zero-order valence-corrected chi connectivity index (χ0v) is 28.0. The number of ether oxygens (including phenoxy) is 7. The number of halogens is 15. The van der Waals surface area contributed by atoms with Gasteiger partial charge in [0.15, 0.2) is 0 Å². The number of aliphatic hydroxyl groups is 1. The quantitative estimate of drug-likeness (QED) is 0.0809. The molecule has 0 aliphatic heterocycles. The van der Waals surface area contributed by atoms with Gasteiger partial charge in [-0.3, -0.25) is 0 Å². The average molecular weight is 830 g/mol. The van der Waals surface area contributed by atoms with Gasteiger partial charge in [-0.05, 0) is 0 Å². The summed E-state index contributed by atoms with van der Waals surface area (Å²) in [6, 6.07) is 0. The van der Waals surface area contributed by atoms with Crippen molar-refractivity contribution in [3.05, 3.63) is 0 Å². The Bertz CT molecular complexity index is 1100. The standard InChI is InChI=1S/C25H38F15NO10S/c1-2-41(3-5-45-7-9-47-11-13-49-15-17-51-18-16-50-14-12-48-10-8-46-6-4-42)52(43,44)25(39,40)23(34,35)21(30,31)19(26,27)20(28,29)22(32,33)24(36,37)38/h42H,2-18H2,1H3. The SMILES string of the molecule is CCN(CCOCCOCCOCCOCCOCCOCCOCCO)S(=O)(=O)C(F)(F)C(F)(F)C(F)(F)C(F)(F)C(F)(F)C(F)(F)C(F)(F)F. The average Bonchev–Trinajstić information content (AvgIpc) is 3.03. The van der Waals surface area contributed by atoms with Crippen molar-refractivity contribution in [2.24, 2.45) is 0 Å². The van der Waals surface area contributed by atoms with Crippen LogP contribution in [0.2, 0.25) is 0 Å². The Morgan fingerprint density at radius 2 is 0.712 bits per heavy atom. The normalized spacial score (nSPS) is 14.5. The molecule has 0 aliphatic carbocycles. The Morgan fingerprint density at radius 1 is 0.442 bits per heavy atom. The first-order valence-electron chi connectivity index (χ1n) is 14.8. The van der Waals surface area contributed by atoms with Crippen LogP contribution in [0, 0.1) is 0 Å². The third-order valence-corrected chi connectivity index (χ3v) is 8.29. The van der Waals surface area contributed by atoms with Crippen LogP contribution in [0.4, 0.5) is 65.9 Å². The summed E-state index contributed by atoms with van der Waals surface area (Å²) in [6.07, 6.45) is -7.78. The molecule has 0 aromatic heterocycles. The minimum absolute atomic E-state index is 0.0355. The van der Waals surface area contributed by atoms with Crippen molar-refractivity contribution in [2.45, 2.75) is 48.0 Å². The van der Waals surface area contributed by atoms with E-state index in [2.05, 4.69) is 0 Å². The number of aliphatic hydroxyl groups excluding tert-OH is 1. The van der Waals surface area contributed by atoms with E-state index in [0.29, 0.717) is 33.4 Å². The molecular formula is C25H38F15NO10S. The molecule has 314 valence electrons. The van der Waals surface area contributed by atoms with E-state index in [4.69, 9.17) is 38.3 Å². The Hall–Kier alpha value is -1.46. The Labute approximate surface area is 287 Å². The summed E-state index contributed by atoms with van der Waals surface area (Å²) in [5, 5.41) is 1.05. The van der Waals surface area contributed by atoms with E-state index in [9.17, 15) is 74.3 Å². The first kappa shape index (κ1) is 50.5. The molecule has 0 rings (SSSR count). The third kappa shape index (κ3) is 12.5. The predicted octanol–water partition coefficient (Wildman–Crippen LogP) is 4.08. The molecule has 0 radical (unpaired) electrons. The van der Waals surface area contributed by atoms with Crippen LogP contribution in [-0.4, -0.2) is 171 Å². The van der Waals surface area contributed by atoms with Crippen molar-refractivity contribution in [3.63, 3.8) is 0 Å². The second kappa shape index (κ2) is 21.6. The Morgan fingerprint density at radius 3 is 1.00 bits per heavy atom. The van der Waals surface area contributed by atoms with Gasteiger partial charge in [-0.15, -0.1) is 0 Å². The van der Waals surface area contributed by atoms with Gasteiger partial charge in [0.05, 0.1) is 99.1 Å². The number of sulfonamides is 1. The van der Waals surface area contributed by atoms with Crippen LogP contribution >= 0.6 is 0 Å². The molecule has 0 aliphatic rings. The number of hydrogen-bond acceptors (Lipinski definition) is 10. The minimum atomic E-state index is -8.61. The largest absolute Gasteiger partial charge is 0.460 e. The second-order valence-electron chi connectivity index (χ2n) is 9.89. The summed E-state index contributed by atoms with van der Waals surface area (Å²) in [4.78, 5) is 0. The number of alkyl halides is 15. The summed E-state index contributed by atoms with van der Waals surface area (Å²) in [6.45, 7) is -1.37. The fraction of sp³-hybridized carbons (Fsp3) is 1.00.